The number of esters is 1. The first kappa shape index (κ1) is 15.4. The summed E-state index contributed by atoms with van der Waals surface area (Å²) in [5, 5.41) is 2.05. The molecule has 3 nitrogen and oxygen atoms in total. The lowest BCUT2D eigenvalue weighted by Crippen LogP contribution is -2.14. The number of benzene rings is 3. The Labute approximate surface area is 142 Å². The number of ketones is 1. The van der Waals surface area contributed by atoms with Crippen LogP contribution in [0.2, 0.25) is 0 Å². The van der Waals surface area contributed by atoms with E-state index in [9.17, 15) is 9.59 Å². The van der Waals surface area contributed by atoms with Gasteiger partial charge in [-0.05, 0) is 35.0 Å². The van der Waals surface area contributed by atoms with E-state index in [4.69, 9.17) is 4.74 Å². The van der Waals surface area contributed by atoms with E-state index in [1.165, 1.54) is 0 Å². The largest absolute Gasteiger partial charge is 0.454 e. The molecule has 23 heavy (non-hydrogen) atoms. The fourth-order valence-electron chi connectivity index (χ4n) is 2.28. The second kappa shape index (κ2) is 6.75. The van der Waals surface area contributed by atoms with Crippen LogP contribution in [0.5, 0.6) is 0 Å². The van der Waals surface area contributed by atoms with Crippen LogP contribution in [-0.4, -0.2) is 18.4 Å². The summed E-state index contributed by atoms with van der Waals surface area (Å²) < 4.78 is 5.89. The summed E-state index contributed by atoms with van der Waals surface area (Å²) in [4.78, 5) is 24.2. The van der Waals surface area contributed by atoms with E-state index in [-0.39, 0.29) is 12.4 Å². The second-order valence-electron chi connectivity index (χ2n) is 5.07. The predicted molar refractivity (Wildman–Crippen MR) is 92.7 cm³/mol. The second-order valence-corrected chi connectivity index (χ2v) is 5.99. The van der Waals surface area contributed by atoms with E-state index >= 15 is 0 Å². The average molecular weight is 369 g/mol. The molecule has 0 saturated carbocycles. The molecule has 0 aromatic heterocycles. The van der Waals surface area contributed by atoms with E-state index in [1.807, 2.05) is 42.5 Å². The van der Waals surface area contributed by atoms with Gasteiger partial charge in [0.25, 0.3) is 0 Å². The standard InChI is InChI=1S/C19H13BrO3/c20-17-7-3-6-16(11-17)19(22)23-12-18(21)15-9-8-13-4-1-2-5-14(13)10-15/h1-11H,12H2. The number of ether oxygens (including phenoxy) is 1. The van der Waals surface area contributed by atoms with Crippen molar-refractivity contribution in [3.8, 4) is 0 Å². The SMILES string of the molecule is O=C(COC(=O)c1cccc(Br)c1)c1ccc2ccccc2c1. The van der Waals surface area contributed by atoms with E-state index in [0.29, 0.717) is 11.1 Å². The van der Waals surface area contributed by atoms with Gasteiger partial charge >= 0.3 is 5.97 Å². The van der Waals surface area contributed by atoms with Crippen LogP contribution in [0.4, 0.5) is 0 Å². The van der Waals surface area contributed by atoms with Crippen molar-refractivity contribution >= 4 is 38.5 Å². The van der Waals surface area contributed by atoms with Gasteiger partial charge in [-0.3, -0.25) is 4.79 Å². The molecule has 0 fully saturated rings. The van der Waals surface area contributed by atoms with Gasteiger partial charge in [-0.2, -0.15) is 0 Å². The van der Waals surface area contributed by atoms with Crippen LogP contribution in [0.3, 0.4) is 0 Å². The molecule has 0 atom stereocenters. The summed E-state index contributed by atoms with van der Waals surface area (Å²) in [5.41, 5.74) is 0.941. The van der Waals surface area contributed by atoms with Crippen LogP contribution in [0.1, 0.15) is 20.7 Å². The van der Waals surface area contributed by atoms with Crippen molar-refractivity contribution in [2.45, 2.75) is 0 Å². The zero-order chi connectivity index (χ0) is 16.2. The maximum absolute atomic E-state index is 12.2. The van der Waals surface area contributed by atoms with Crippen molar-refractivity contribution in [3.05, 3.63) is 82.3 Å². The number of hydrogen-bond acceptors (Lipinski definition) is 3. The van der Waals surface area contributed by atoms with Crippen LogP contribution in [0.15, 0.2) is 71.2 Å². The number of halogens is 1. The maximum atomic E-state index is 12.2. The third-order valence-corrected chi connectivity index (χ3v) is 3.96. The van der Waals surface area contributed by atoms with Crippen molar-refractivity contribution in [2.24, 2.45) is 0 Å². The summed E-state index contributed by atoms with van der Waals surface area (Å²) in [5.74, 6) is -0.737. The van der Waals surface area contributed by atoms with Gasteiger partial charge in [0.15, 0.2) is 12.4 Å². The number of carbonyl (C=O) groups excluding carboxylic acids is 2. The van der Waals surface area contributed by atoms with Crippen LogP contribution < -0.4 is 0 Å². The predicted octanol–water partition coefficient (Wildman–Crippen LogP) is 4.64. The lowest BCUT2D eigenvalue weighted by Gasteiger charge is -2.06. The monoisotopic (exact) mass is 368 g/mol. The highest BCUT2D eigenvalue weighted by Gasteiger charge is 2.12. The summed E-state index contributed by atoms with van der Waals surface area (Å²) in [6, 6.07) is 20.1. The summed E-state index contributed by atoms with van der Waals surface area (Å²) >= 11 is 3.30. The molecule has 114 valence electrons. The molecule has 4 heteroatoms. The minimum atomic E-state index is -0.513. The Morgan fingerprint density at radius 3 is 2.39 bits per heavy atom. The smallest absolute Gasteiger partial charge is 0.338 e. The first-order chi connectivity index (χ1) is 11.1. The number of rotatable bonds is 4. The number of fused-ring (bicyclic) bond motifs is 1. The highest BCUT2D eigenvalue weighted by Crippen LogP contribution is 2.16. The molecule has 0 bridgehead atoms. The zero-order valence-corrected chi connectivity index (χ0v) is 13.7. The minimum absolute atomic E-state index is 0.223. The van der Waals surface area contributed by atoms with Gasteiger partial charge in [-0.25, -0.2) is 4.79 Å². The molecule has 3 rings (SSSR count). The third kappa shape index (κ3) is 3.66. The van der Waals surface area contributed by atoms with Crippen molar-refractivity contribution < 1.29 is 14.3 Å². The highest BCUT2D eigenvalue weighted by atomic mass is 79.9. The minimum Gasteiger partial charge on any atom is -0.454 e. The molecule has 0 aliphatic heterocycles. The summed E-state index contributed by atoms with van der Waals surface area (Å²) in [6.07, 6.45) is 0. The number of hydrogen-bond donors (Lipinski definition) is 0. The van der Waals surface area contributed by atoms with Gasteiger partial charge in [-0.15, -0.1) is 0 Å². The molecule has 0 N–H and O–H groups in total. The molecule has 0 heterocycles. The zero-order valence-electron chi connectivity index (χ0n) is 12.2. The van der Waals surface area contributed by atoms with E-state index in [1.54, 1.807) is 24.3 Å². The van der Waals surface area contributed by atoms with Crippen LogP contribution in [0, 0.1) is 0 Å². The van der Waals surface area contributed by atoms with Crippen molar-refractivity contribution in [1.29, 1.82) is 0 Å². The third-order valence-electron chi connectivity index (χ3n) is 3.47. The average Bonchev–Trinajstić information content (AvgIpc) is 2.59. The molecule has 0 radical (unpaired) electrons. The van der Waals surface area contributed by atoms with E-state index in [2.05, 4.69) is 15.9 Å². The Hall–Kier alpha value is -2.46. The van der Waals surface area contributed by atoms with Crippen LogP contribution >= 0.6 is 15.9 Å². The summed E-state index contributed by atoms with van der Waals surface area (Å²) in [7, 11) is 0. The molecule has 0 saturated heterocycles. The van der Waals surface area contributed by atoms with Gasteiger partial charge < -0.3 is 4.74 Å². The Bertz CT molecular complexity index is 886. The van der Waals surface area contributed by atoms with Gasteiger partial charge in [0, 0.05) is 10.0 Å². The molecule has 0 spiro atoms. The Balaban J connectivity index is 1.69. The fraction of sp³-hybridized carbons (Fsp3) is 0.0526. The molecular formula is C19H13BrO3. The van der Waals surface area contributed by atoms with Gasteiger partial charge in [0.2, 0.25) is 0 Å². The number of carbonyl (C=O) groups is 2. The van der Waals surface area contributed by atoms with Gasteiger partial charge in [-0.1, -0.05) is 58.4 Å². The molecule has 0 aliphatic carbocycles. The van der Waals surface area contributed by atoms with Crippen LogP contribution in [0.25, 0.3) is 10.8 Å². The fourth-order valence-corrected chi connectivity index (χ4v) is 2.68. The molecule has 0 amide bonds. The van der Waals surface area contributed by atoms with Crippen molar-refractivity contribution in [3.63, 3.8) is 0 Å². The summed E-state index contributed by atoms with van der Waals surface area (Å²) in [6.45, 7) is -0.274. The molecule has 0 aliphatic rings. The van der Waals surface area contributed by atoms with Gasteiger partial charge in [0.1, 0.15) is 0 Å². The molecule has 0 unspecified atom stereocenters. The maximum Gasteiger partial charge on any atom is 0.338 e. The molecule has 3 aromatic rings. The highest BCUT2D eigenvalue weighted by molar-refractivity contribution is 9.10. The Morgan fingerprint density at radius 2 is 1.61 bits per heavy atom. The quantitative estimate of drug-likeness (QED) is 0.497. The Kier molecular flexibility index (Phi) is 4.53. The normalized spacial score (nSPS) is 10.5. The van der Waals surface area contributed by atoms with Gasteiger partial charge in [0.05, 0.1) is 5.56 Å². The topological polar surface area (TPSA) is 43.4 Å². The molecule has 3 aromatic carbocycles. The van der Waals surface area contributed by atoms with Crippen molar-refractivity contribution in [1.82, 2.24) is 0 Å². The molecular weight excluding hydrogens is 356 g/mol. The first-order valence-corrected chi connectivity index (χ1v) is 7.87. The van der Waals surface area contributed by atoms with E-state index in [0.717, 1.165) is 15.2 Å². The van der Waals surface area contributed by atoms with Crippen LogP contribution in [-0.2, 0) is 4.74 Å². The van der Waals surface area contributed by atoms with Crippen molar-refractivity contribution in [2.75, 3.05) is 6.61 Å². The Morgan fingerprint density at radius 1 is 0.826 bits per heavy atom. The lowest BCUT2D eigenvalue weighted by atomic mass is 10.0. The van der Waals surface area contributed by atoms with E-state index < -0.39 is 5.97 Å². The lowest BCUT2D eigenvalue weighted by molar-refractivity contribution is 0.0474. The first-order valence-electron chi connectivity index (χ1n) is 7.08. The number of Topliss-reactive ketones (excluding diaryl/α,β-unsaturated/α-hetero) is 1.